The third-order valence-corrected chi connectivity index (χ3v) is 6.90. The molecule has 1 aromatic carbocycles. The van der Waals surface area contributed by atoms with Gasteiger partial charge in [0.2, 0.25) is 11.8 Å². The average molecular weight is 390 g/mol. The summed E-state index contributed by atoms with van der Waals surface area (Å²) >= 11 is 0. The molecule has 29 heavy (non-hydrogen) atoms. The van der Waals surface area contributed by atoms with Gasteiger partial charge in [-0.15, -0.1) is 0 Å². The molecule has 6 nitrogen and oxygen atoms in total. The van der Waals surface area contributed by atoms with Gasteiger partial charge in [0.1, 0.15) is 5.54 Å². The summed E-state index contributed by atoms with van der Waals surface area (Å²) in [5.41, 5.74) is 3.98. The minimum Gasteiger partial charge on any atom is -0.352 e. The summed E-state index contributed by atoms with van der Waals surface area (Å²) in [7, 11) is 0. The van der Waals surface area contributed by atoms with Gasteiger partial charge >= 0.3 is 0 Å². The Morgan fingerprint density at radius 2 is 2.17 bits per heavy atom. The van der Waals surface area contributed by atoms with Crippen LogP contribution in [0.2, 0.25) is 0 Å². The summed E-state index contributed by atoms with van der Waals surface area (Å²) in [5, 5.41) is 6.15. The molecule has 2 fully saturated rings. The molecule has 1 spiro atoms. The highest BCUT2D eigenvalue weighted by Crippen LogP contribution is 2.55. The Bertz CT molecular complexity index is 1000. The highest BCUT2D eigenvalue weighted by Gasteiger charge is 2.65. The first-order valence-electron chi connectivity index (χ1n) is 10.4. The van der Waals surface area contributed by atoms with E-state index in [9.17, 15) is 9.59 Å². The van der Waals surface area contributed by atoms with Crippen molar-refractivity contribution in [3.8, 4) is 0 Å². The molecule has 2 amide bonds. The van der Waals surface area contributed by atoms with E-state index in [1.165, 1.54) is 0 Å². The van der Waals surface area contributed by atoms with Gasteiger partial charge in [-0.2, -0.15) is 0 Å². The second kappa shape index (κ2) is 6.66. The van der Waals surface area contributed by atoms with Crippen LogP contribution in [0.1, 0.15) is 41.6 Å². The molecule has 2 N–H and O–H groups in total. The summed E-state index contributed by atoms with van der Waals surface area (Å²) in [5.74, 6) is -0.502. The molecule has 5 rings (SSSR count). The molecule has 3 aliphatic heterocycles. The van der Waals surface area contributed by atoms with Gasteiger partial charge in [-0.25, -0.2) is 0 Å². The summed E-state index contributed by atoms with van der Waals surface area (Å²) < 4.78 is 0. The lowest BCUT2D eigenvalue weighted by Gasteiger charge is -2.36. The van der Waals surface area contributed by atoms with Crippen molar-refractivity contribution in [2.24, 2.45) is 5.92 Å². The third-order valence-electron chi connectivity index (χ3n) is 6.90. The van der Waals surface area contributed by atoms with E-state index in [0.29, 0.717) is 6.54 Å². The number of aryl methyl sites for hydroxylation is 2. The average Bonchev–Trinajstić information content (AvgIpc) is 3.35. The van der Waals surface area contributed by atoms with Crippen molar-refractivity contribution in [2.75, 3.05) is 11.9 Å². The van der Waals surface area contributed by atoms with Crippen LogP contribution in [-0.2, 0) is 21.7 Å². The van der Waals surface area contributed by atoms with E-state index in [1.807, 2.05) is 50.4 Å². The summed E-state index contributed by atoms with van der Waals surface area (Å²) in [6, 6.07) is 10.1. The van der Waals surface area contributed by atoms with Gasteiger partial charge in [0.25, 0.3) is 0 Å². The maximum atomic E-state index is 13.4. The van der Waals surface area contributed by atoms with E-state index in [1.54, 1.807) is 0 Å². The number of anilines is 1. The Hall–Kier alpha value is -2.73. The van der Waals surface area contributed by atoms with Crippen LogP contribution in [0.15, 0.2) is 36.5 Å². The SMILES string of the molecule is Cc1cc(C)c(CNC(=O)[C@@H]2C[C@H]3CCCN3[C@]23C(=O)Nc2ccccc23)cn1. The lowest BCUT2D eigenvalue weighted by atomic mass is 9.78. The quantitative estimate of drug-likeness (QED) is 0.845. The number of aromatic nitrogens is 1. The number of para-hydroxylation sites is 1. The topological polar surface area (TPSA) is 74.3 Å². The van der Waals surface area contributed by atoms with Gasteiger partial charge in [0.15, 0.2) is 0 Å². The van der Waals surface area contributed by atoms with Crippen molar-refractivity contribution in [3.63, 3.8) is 0 Å². The molecule has 0 unspecified atom stereocenters. The van der Waals surface area contributed by atoms with Crippen molar-refractivity contribution >= 4 is 17.5 Å². The predicted octanol–water partition coefficient (Wildman–Crippen LogP) is 2.65. The zero-order valence-electron chi connectivity index (χ0n) is 16.9. The Labute approximate surface area is 170 Å². The maximum Gasteiger partial charge on any atom is 0.250 e. The van der Waals surface area contributed by atoms with Crippen LogP contribution in [0.4, 0.5) is 5.69 Å². The molecule has 0 bridgehead atoms. The Kier molecular flexibility index (Phi) is 4.21. The number of nitrogens with zero attached hydrogens (tertiary/aromatic N) is 2. The van der Waals surface area contributed by atoms with Crippen molar-refractivity contribution in [2.45, 2.75) is 51.2 Å². The summed E-state index contributed by atoms with van der Waals surface area (Å²) in [6.07, 6.45) is 4.66. The molecule has 2 saturated heterocycles. The minimum absolute atomic E-state index is 0.0498. The first-order chi connectivity index (χ1) is 14.0. The van der Waals surface area contributed by atoms with Gasteiger partial charge in [-0.05, 0) is 62.9 Å². The van der Waals surface area contributed by atoms with Gasteiger partial charge in [-0.3, -0.25) is 19.5 Å². The van der Waals surface area contributed by atoms with Gasteiger partial charge in [-0.1, -0.05) is 18.2 Å². The fourth-order valence-corrected chi connectivity index (χ4v) is 5.60. The molecule has 0 radical (unpaired) electrons. The lowest BCUT2D eigenvalue weighted by Crippen LogP contribution is -2.54. The second-order valence-corrected chi connectivity index (χ2v) is 8.51. The highest BCUT2D eigenvalue weighted by molar-refractivity contribution is 6.09. The van der Waals surface area contributed by atoms with E-state index in [-0.39, 0.29) is 17.9 Å². The molecule has 3 atom stereocenters. The summed E-state index contributed by atoms with van der Waals surface area (Å²) in [4.78, 5) is 33.4. The maximum absolute atomic E-state index is 13.4. The molecule has 4 heterocycles. The largest absolute Gasteiger partial charge is 0.352 e. The number of pyridine rings is 1. The molecule has 2 aromatic rings. The molecule has 0 aliphatic carbocycles. The van der Waals surface area contributed by atoms with Crippen LogP contribution < -0.4 is 10.6 Å². The molecule has 0 saturated carbocycles. The zero-order chi connectivity index (χ0) is 20.2. The van der Waals surface area contributed by atoms with E-state index >= 15 is 0 Å². The molecule has 150 valence electrons. The second-order valence-electron chi connectivity index (χ2n) is 8.51. The number of fused-ring (bicyclic) bond motifs is 4. The van der Waals surface area contributed by atoms with Gasteiger partial charge in [0, 0.05) is 35.7 Å². The number of nitrogens with one attached hydrogen (secondary N) is 2. The standard InChI is InChI=1S/C23H26N4O2/c1-14-10-15(2)24-12-16(14)13-25-21(28)19-11-17-6-5-9-27(17)23(19)18-7-3-4-8-20(18)26-22(23)29/h3-4,7-8,10,12,17,19H,5-6,9,11,13H2,1-2H3,(H,25,28)(H,26,29)/t17-,19+,23+/m1/s1. The number of carbonyl (C=O) groups is 2. The Morgan fingerprint density at radius 3 is 3.00 bits per heavy atom. The first kappa shape index (κ1) is 18.3. The number of hydrogen-bond acceptors (Lipinski definition) is 4. The van der Waals surface area contributed by atoms with Crippen LogP contribution >= 0.6 is 0 Å². The predicted molar refractivity (Wildman–Crippen MR) is 110 cm³/mol. The molecule has 6 heteroatoms. The number of benzene rings is 1. The van der Waals surface area contributed by atoms with Crippen molar-refractivity contribution < 1.29 is 9.59 Å². The Balaban J connectivity index is 1.47. The zero-order valence-corrected chi connectivity index (χ0v) is 16.9. The number of carbonyl (C=O) groups excluding carboxylic acids is 2. The normalized spacial score (nSPS) is 27.7. The number of hydrogen-bond donors (Lipinski definition) is 2. The molecular formula is C23H26N4O2. The van der Waals surface area contributed by atoms with Crippen LogP contribution in [0.25, 0.3) is 0 Å². The van der Waals surface area contributed by atoms with Gasteiger partial charge in [0.05, 0.1) is 5.92 Å². The monoisotopic (exact) mass is 390 g/mol. The van der Waals surface area contributed by atoms with Crippen molar-refractivity contribution in [3.05, 3.63) is 58.9 Å². The van der Waals surface area contributed by atoms with E-state index in [2.05, 4.69) is 20.5 Å². The van der Waals surface area contributed by atoms with Crippen LogP contribution in [0.3, 0.4) is 0 Å². The third kappa shape index (κ3) is 2.62. The molecule has 1 aromatic heterocycles. The number of rotatable bonds is 3. The fraction of sp³-hybridized carbons (Fsp3) is 0.435. The Morgan fingerprint density at radius 1 is 1.34 bits per heavy atom. The van der Waals surface area contributed by atoms with Gasteiger partial charge < -0.3 is 10.6 Å². The summed E-state index contributed by atoms with van der Waals surface area (Å²) in [6.45, 7) is 5.28. The fourth-order valence-electron chi connectivity index (χ4n) is 5.60. The van der Waals surface area contributed by atoms with E-state index in [4.69, 9.17) is 0 Å². The molecule has 3 aliphatic rings. The van der Waals surface area contributed by atoms with Crippen LogP contribution in [-0.4, -0.2) is 34.3 Å². The van der Waals surface area contributed by atoms with E-state index in [0.717, 1.165) is 53.9 Å². The van der Waals surface area contributed by atoms with E-state index < -0.39 is 11.5 Å². The van der Waals surface area contributed by atoms with Crippen molar-refractivity contribution in [1.82, 2.24) is 15.2 Å². The van der Waals surface area contributed by atoms with Crippen molar-refractivity contribution in [1.29, 1.82) is 0 Å². The number of amides is 2. The van der Waals surface area contributed by atoms with Crippen LogP contribution in [0, 0.1) is 19.8 Å². The smallest absolute Gasteiger partial charge is 0.250 e. The lowest BCUT2D eigenvalue weighted by molar-refractivity contribution is -0.137. The van der Waals surface area contributed by atoms with Crippen LogP contribution in [0.5, 0.6) is 0 Å². The minimum atomic E-state index is -0.886. The first-order valence-corrected chi connectivity index (χ1v) is 10.4. The highest BCUT2D eigenvalue weighted by atomic mass is 16.2. The molecular weight excluding hydrogens is 364 g/mol.